The van der Waals surface area contributed by atoms with Gasteiger partial charge in [0.25, 0.3) is 5.56 Å². The minimum absolute atomic E-state index is 0.201. The predicted molar refractivity (Wildman–Crippen MR) is 168 cm³/mol. The van der Waals surface area contributed by atoms with Gasteiger partial charge in [0.1, 0.15) is 0 Å². The van der Waals surface area contributed by atoms with Crippen molar-refractivity contribution in [2.24, 2.45) is 4.99 Å². The van der Waals surface area contributed by atoms with E-state index in [0.29, 0.717) is 60.2 Å². The number of carbonyl (C=O) groups is 2. The van der Waals surface area contributed by atoms with Crippen LogP contribution in [0.5, 0.6) is 23.0 Å². The van der Waals surface area contributed by atoms with Gasteiger partial charge in [-0.2, -0.15) is 0 Å². The third kappa shape index (κ3) is 7.04. The van der Waals surface area contributed by atoms with Crippen molar-refractivity contribution in [3.8, 4) is 23.0 Å². The van der Waals surface area contributed by atoms with Gasteiger partial charge in [0.15, 0.2) is 34.4 Å². The molecule has 2 aromatic carbocycles. The Morgan fingerprint density at radius 2 is 1.74 bits per heavy atom. The first kappa shape index (κ1) is 32.1. The Morgan fingerprint density at radius 1 is 1.00 bits per heavy atom. The molecule has 4 rings (SSSR count). The third-order valence-electron chi connectivity index (χ3n) is 6.20. The van der Waals surface area contributed by atoms with Crippen LogP contribution in [0.3, 0.4) is 0 Å². The lowest BCUT2D eigenvalue weighted by atomic mass is 9.97. The molecule has 1 aliphatic heterocycles. The van der Waals surface area contributed by atoms with Gasteiger partial charge in [0, 0.05) is 6.20 Å². The molecule has 1 atom stereocenters. The Kier molecular flexibility index (Phi) is 10.9. The van der Waals surface area contributed by atoms with Crippen LogP contribution in [0.25, 0.3) is 6.08 Å². The van der Waals surface area contributed by atoms with Gasteiger partial charge < -0.3 is 28.4 Å². The fourth-order valence-corrected chi connectivity index (χ4v) is 6.19. The molecule has 13 heteroatoms. The van der Waals surface area contributed by atoms with E-state index in [1.54, 1.807) is 43.3 Å². The molecule has 43 heavy (non-hydrogen) atoms. The summed E-state index contributed by atoms with van der Waals surface area (Å²) in [5.74, 6) is 0.733. The molecule has 228 valence electrons. The van der Waals surface area contributed by atoms with E-state index in [2.05, 4.69) is 27.6 Å². The average molecular weight is 723 g/mol. The first-order valence-electron chi connectivity index (χ1n) is 13.4. The second kappa shape index (κ2) is 14.6. The van der Waals surface area contributed by atoms with Crippen LogP contribution in [0.15, 0.2) is 51.9 Å². The topological polar surface area (TPSA) is 124 Å². The van der Waals surface area contributed by atoms with Gasteiger partial charge in [-0.15, -0.1) is 0 Å². The number of carbonyl (C=O) groups excluding carboxylic acids is 2. The summed E-state index contributed by atoms with van der Waals surface area (Å²) in [5, 5.41) is 0. The second-order valence-electron chi connectivity index (χ2n) is 8.88. The Hall–Kier alpha value is -3.85. The lowest BCUT2D eigenvalue weighted by Crippen LogP contribution is -2.39. The molecule has 1 aromatic heterocycles. The van der Waals surface area contributed by atoms with Gasteiger partial charge >= 0.3 is 11.9 Å². The molecule has 0 radical (unpaired) electrons. The first-order valence-corrected chi connectivity index (χ1v) is 15.3. The number of halogens is 1. The first-order chi connectivity index (χ1) is 20.8. The van der Waals surface area contributed by atoms with Crippen molar-refractivity contribution in [1.29, 1.82) is 0 Å². The Morgan fingerprint density at radius 3 is 2.42 bits per heavy atom. The number of nitrogens with zero attached hydrogens (tertiary/aromatic N) is 2. The molecule has 0 saturated carbocycles. The van der Waals surface area contributed by atoms with E-state index in [-0.39, 0.29) is 24.3 Å². The largest absolute Gasteiger partial charge is 0.493 e. The number of rotatable bonds is 12. The highest BCUT2D eigenvalue weighted by Crippen LogP contribution is 2.36. The predicted octanol–water partition coefficient (Wildman–Crippen LogP) is 3.37. The number of ether oxygens (including phenoxy) is 6. The highest BCUT2D eigenvalue weighted by Gasteiger charge is 2.31. The van der Waals surface area contributed by atoms with E-state index in [1.165, 1.54) is 36.3 Å². The monoisotopic (exact) mass is 722 g/mol. The molecule has 0 unspecified atom stereocenters. The Bertz CT molecular complexity index is 1730. The normalized spacial score (nSPS) is 14.2. The number of aromatic nitrogens is 1. The summed E-state index contributed by atoms with van der Waals surface area (Å²) in [4.78, 5) is 43.4. The van der Waals surface area contributed by atoms with Crippen molar-refractivity contribution in [3.63, 3.8) is 0 Å². The molecule has 0 spiro atoms. The Labute approximate surface area is 265 Å². The minimum Gasteiger partial charge on any atom is -0.493 e. The summed E-state index contributed by atoms with van der Waals surface area (Å²) >= 11 is 3.26. The van der Waals surface area contributed by atoms with Crippen molar-refractivity contribution in [2.45, 2.75) is 26.8 Å². The lowest BCUT2D eigenvalue weighted by molar-refractivity contribution is -0.145. The number of hydrogen-bond donors (Lipinski definition) is 0. The van der Waals surface area contributed by atoms with E-state index < -0.39 is 18.0 Å². The number of esters is 2. The van der Waals surface area contributed by atoms with Gasteiger partial charge in [0.2, 0.25) is 0 Å². The lowest BCUT2D eigenvalue weighted by Gasteiger charge is -2.23. The van der Waals surface area contributed by atoms with Crippen molar-refractivity contribution in [2.75, 3.05) is 40.6 Å². The van der Waals surface area contributed by atoms with Crippen LogP contribution in [0.1, 0.15) is 37.9 Å². The van der Waals surface area contributed by atoms with Crippen LogP contribution >= 0.6 is 33.9 Å². The number of fused-ring (bicyclic) bond motifs is 1. The zero-order chi connectivity index (χ0) is 31.1. The van der Waals surface area contributed by atoms with Crippen LogP contribution < -0.4 is 33.8 Å². The van der Waals surface area contributed by atoms with Crippen LogP contribution in [-0.2, 0) is 19.1 Å². The van der Waals surface area contributed by atoms with Crippen molar-refractivity contribution >= 4 is 51.9 Å². The zero-order valence-electron chi connectivity index (χ0n) is 24.3. The van der Waals surface area contributed by atoms with Gasteiger partial charge in [0.05, 0.1) is 53.8 Å². The highest BCUT2D eigenvalue weighted by molar-refractivity contribution is 14.1. The maximum Gasteiger partial charge on any atom is 0.344 e. The summed E-state index contributed by atoms with van der Waals surface area (Å²) in [6, 6.07) is 8.02. The molecule has 11 nitrogen and oxygen atoms in total. The van der Waals surface area contributed by atoms with E-state index in [4.69, 9.17) is 28.4 Å². The molecule has 0 amide bonds. The maximum atomic E-state index is 13.9. The second-order valence-corrected chi connectivity index (χ2v) is 11.0. The van der Waals surface area contributed by atoms with E-state index in [0.717, 1.165) is 0 Å². The van der Waals surface area contributed by atoms with Gasteiger partial charge in [-0.3, -0.25) is 9.36 Å². The number of hydrogen-bond acceptors (Lipinski definition) is 11. The molecule has 0 fully saturated rings. The molecule has 0 N–H and O–H groups in total. The van der Waals surface area contributed by atoms with Gasteiger partial charge in [-0.1, -0.05) is 17.4 Å². The summed E-state index contributed by atoms with van der Waals surface area (Å²) in [5.41, 5.74) is 1.16. The Balaban J connectivity index is 1.81. The summed E-state index contributed by atoms with van der Waals surface area (Å²) in [6.45, 7) is 6.29. The molecule has 3 aromatic rings. The van der Waals surface area contributed by atoms with Crippen LogP contribution in [-0.4, -0.2) is 57.2 Å². The highest BCUT2D eigenvalue weighted by atomic mass is 127. The molecule has 1 aliphatic rings. The van der Waals surface area contributed by atoms with E-state index in [9.17, 15) is 14.4 Å². The van der Waals surface area contributed by atoms with Crippen molar-refractivity contribution < 1.29 is 38.0 Å². The fraction of sp³-hybridized carbons (Fsp3) is 0.333. The van der Waals surface area contributed by atoms with Gasteiger partial charge in [-0.05, 0) is 84.8 Å². The minimum atomic E-state index is -0.811. The molecular weight excluding hydrogens is 691 g/mol. The molecule has 0 aliphatic carbocycles. The smallest absolute Gasteiger partial charge is 0.344 e. The summed E-state index contributed by atoms with van der Waals surface area (Å²) < 4.78 is 35.2. The van der Waals surface area contributed by atoms with Crippen LogP contribution in [0.2, 0.25) is 0 Å². The summed E-state index contributed by atoms with van der Waals surface area (Å²) in [6.07, 6.45) is 3.15. The van der Waals surface area contributed by atoms with E-state index >= 15 is 0 Å². The van der Waals surface area contributed by atoms with Crippen molar-refractivity contribution in [1.82, 2.24) is 4.57 Å². The van der Waals surface area contributed by atoms with E-state index in [1.807, 2.05) is 13.8 Å². The fourth-order valence-electron chi connectivity index (χ4n) is 4.44. The average Bonchev–Trinajstić information content (AvgIpc) is 3.31. The molecule has 2 heterocycles. The molecular formula is C30H31IN2O9S. The van der Waals surface area contributed by atoms with Gasteiger partial charge in [-0.25, -0.2) is 14.6 Å². The SMILES string of the molecule is CCOC(=O)COc1c(I)cc(/C=c2\sc3n(c2=O)[C@@H](c2ccc(OCC)c(OCC)c2)C(C(=O)OC)=CN=3)cc1OC. The van der Waals surface area contributed by atoms with Crippen LogP contribution in [0.4, 0.5) is 0 Å². The summed E-state index contributed by atoms with van der Waals surface area (Å²) in [7, 11) is 2.77. The standard InChI is InChI=1S/C30H31IN2O9S/c1-6-39-21-10-9-18(14-22(21)40-7-2)26-19(29(36)38-5)15-32-30-33(26)28(35)24(43-30)13-17-11-20(31)27(23(12-17)37-4)42-16-25(34)41-8-3/h9-15,26H,6-8,16H2,1-5H3/b24-13-/t26-/m0/s1. The quantitative estimate of drug-likeness (QED) is 0.205. The number of methoxy groups -OCH3 is 2. The molecule has 0 bridgehead atoms. The zero-order valence-corrected chi connectivity index (χ0v) is 27.3. The number of thiazole rings is 1. The molecule has 0 saturated heterocycles. The maximum absolute atomic E-state index is 13.9. The third-order valence-corrected chi connectivity index (χ3v) is 8.00. The van der Waals surface area contributed by atoms with Crippen LogP contribution in [0, 0.1) is 3.57 Å². The van der Waals surface area contributed by atoms with Crippen molar-refractivity contribution in [3.05, 3.63) is 76.5 Å². The number of benzene rings is 2.